The summed E-state index contributed by atoms with van der Waals surface area (Å²) in [5.41, 5.74) is 2.33. The minimum atomic E-state index is -0.421. The van der Waals surface area contributed by atoms with Crippen molar-refractivity contribution in [3.8, 4) is 11.1 Å². The van der Waals surface area contributed by atoms with E-state index in [1.165, 1.54) is 10.4 Å². The maximum Gasteiger partial charge on any atom is 0.138 e. The summed E-state index contributed by atoms with van der Waals surface area (Å²) in [5, 5.41) is 13.7. The molecule has 0 aliphatic carbocycles. The second-order valence-electron chi connectivity index (χ2n) is 5.03. The van der Waals surface area contributed by atoms with Gasteiger partial charge in [-0.2, -0.15) is 0 Å². The van der Waals surface area contributed by atoms with Gasteiger partial charge in [-0.05, 0) is 19.4 Å². The Kier molecular flexibility index (Phi) is 3.86. The molecular formula is C16H17N3OS. The highest BCUT2D eigenvalue weighted by atomic mass is 32.1. The Hall–Kier alpha value is -1.98. The van der Waals surface area contributed by atoms with Crippen LogP contribution in [-0.4, -0.2) is 27.7 Å². The third-order valence-electron chi connectivity index (χ3n) is 3.29. The van der Waals surface area contributed by atoms with Gasteiger partial charge >= 0.3 is 0 Å². The lowest BCUT2D eigenvalue weighted by atomic mass is 10.0. The number of aliphatic hydroxyl groups excluding tert-OH is 1. The maximum atomic E-state index is 9.47. The van der Waals surface area contributed by atoms with Gasteiger partial charge in [-0.1, -0.05) is 30.3 Å². The van der Waals surface area contributed by atoms with E-state index in [4.69, 9.17) is 0 Å². The zero-order valence-electron chi connectivity index (χ0n) is 12.0. The topological polar surface area (TPSA) is 58.0 Å². The fourth-order valence-electron chi connectivity index (χ4n) is 2.38. The van der Waals surface area contributed by atoms with Gasteiger partial charge < -0.3 is 10.4 Å². The Morgan fingerprint density at radius 1 is 1.24 bits per heavy atom. The van der Waals surface area contributed by atoms with E-state index in [0.717, 1.165) is 21.6 Å². The van der Waals surface area contributed by atoms with Gasteiger partial charge in [0, 0.05) is 17.0 Å². The molecule has 2 heterocycles. The molecule has 5 heteroatoms. The summed E-state index contributed by atoms with van der Waals surface area (Å²) in [6.07, 6.45) is 1.15. The lowest BCUT2D eigenvalue weighted by Crippen LogP contribution is -2.16. The van der Waals surface area contributed by atoms with Crippen LogP contribution in [0.3, 0.4) is 0 Å². The molecule has 0 spiro atoms. The standard InChI is InChI=1S/C16H17N3OS/c1-10(20)8-17-15-14-13(12-6-4-3-5-7-12)11(2)21-16(14)19-9-18-15/h3-7,9-10,20H,8H2,1-2H3,(H,17,18,19). The van der Waals surface area contributed by atoms with Crippen LogP contribution in [0.15, 0.2) is 36.7 Å². The summed E-state index contributed by atoms with van der Waals surface area (Å²) >= 11 is 1.67. The second kappa shape index (κ2) is 5.79. The number of thiophene rings is 1. The van der Waals surface area contributed by atoms with Crippen molar-refractivity contribution in [2.24, 2.45) is 0 Å². The highest BCUT2D eigenvalue weighted by molar-refractivity contribution is 7.19. The van der Waals surface area contributed by atoms with Crippen LogP contribution >= 0.6 is 11.3 Å². The van der Waals surface area contributed by atoms with Crippen LogP contribution in [0, 0.1) is 6.92 Å². The number of hydrogen-bond acceptors (Lipinski definition) is 5. The van der Waals surface area contributed by atoms with Gasteiger partial charge in [0.1, 0.15) is 17.0 Å². The molecule has 0 amide bonds. The minimum absolute atomic E-state index is 0.421. The molecule has 1 atom stereocenters. The van der Waals surface area contributed by atoms with Crippen LogP contribution in [0.25, 0.3) is 21.3 Å². The van der Waals surface area contributed by atoms with Gasteiger partial charge in [-0.15, -0.1) is 11.3 Å². The number of aromatic nitrogens is 2. The Morgan fingerprint density at radius 2 is 2.00 bits per heavy atom. The van der Waals surface area contributed by atoms with Crippen LogP contribution in [0.4, 0.5) is 5.82 Å². The molecule has 0 saturated carbocycles. The summed E-state index contributed by atoms with van der Waals surface area (Å²) < 4.78 is 0. The Balaban J connectivity index is 2.17. The predicted octanol–water partition coefficient (Wildman–Crippen LogP) is 3.46. The highest BCUT2D eigenvalue weighted by Crippen LogP contribution is 2.40. The molecule has 2 aromatic heterocycles. The summed E-state index contributed by atoms with van der Waals surface area (Å²) in [5.74, 6) is 0.782. The molecule has 4 nitrogen and oxygen atoms in total. The second-order valence-corrected chi connectivity index (χ2v) is 6.23. The molecule has 1 aromatic carbocycles. The molecule has 0 radical (unpaired) electrons. The summed E-state index contributed by atoms with van der Waals surface area (Å²) in [7, 11) is 0. The van der Waals surface area contributed by atoms with Crippen molar-refractivity contribution < 1.29 is 5.11 Å². The highest BCUT2D eigenvalue weighted by Gasteiger charge is 2.16. The number of aliphatic hydroxyl groups is 1. The van der Waals surface area contributed by atoms with Crippen LogP contribution in [0.2, 0.25) is 0 Å². The van der Waals surface area contributed by atoms with Gasteiger partial charge in [0.15, 0.2) is 0 Å². The van der Waals surface area contributed by atoms with Gasteiger partial charge in [0.2, 0.25) is 0 Å². The van der Waals surface area contributed by atoms with Crippen molar-refractivity contribution in [3.63, 3.8) is 0 Å². The van der Waals surface area contributed by atoms with Crippen molar-refractivity contribution in [2.75, 3.05) is 11.9 Å². The van der Waals surface area contributed by atoms with Gasteiger partial charge in [0.25, 0.3) is 0 Å². The fraction of sp³-hybridized carbons (Fsp3) is 0.250. The molecule has 21 heavy (non-hydrogen) atoms. The number of rotatable bonds is 4. The van der Waals surface area contributed by atoms with E-state index in [-0.39, 0.29) is 0 Å². The molecule has 0 aliphatic heterocycles. The van der Waals surface area contributed by atoms with Crippen molar-refractivity contribution in [3.05, 3.63) is 41.5 Å². The Labute approximate surface area is 127 Å². The molecule has 2 N–H and O–H groups in total. The average Bonchev–Trinajstić information content (AvgIpc) is 2.82. The number of aryl methyl sites for hydroxylation is 1. The van der Waals surface area contributed by atoms with E-state index in [2.05, 4.69) is 34.3 Å². The van der Waals surface area contributed by atoms with Crippen molar-refractivity contribution >= 4 is 27.4 Å². The van der Waals surface area contributed by atoms with E-state index < -0.39 is 6.10 Å². The number of anilines is 1. The molecule has 0 fully saturated rings. The number of hydrogen-bond donors (Lipinski definition) is 2. The number of nitrogens with zero attached hydrogens (tertiary/aromatic N) is 2. The van der Waals surface area contributed by atoms with Crippen molar-refractivity contribution in [2.45, 2.75) is 20.0 Å². The molecule has 1 unspecified atom stereocenters. The molecule has 3 aromatic rings. The van der Waals surface area contributed by atoms with Gasteiger partial charge in [-0.25, -0.2) is 9.97 Å². The van der Waals surface area contributed by atoms with Crippen LogP contribution in [-0.2, 0) is 0 Å². The van der Waals surface area contributed by atoms with Crippen LogP contribution in [0.5, 0.6) is 0 Å². The zero-order valence-corrected chi connectivity index (χ0v) is 12.8. The molecule has 0 aliphatic rings. The molecule has 0 bridgehead atoms. The average molecular weight is 299 g/mol. The predicted molar refractivity (Wildman–Crippen MR) is 87.8 cm³/mol. The first-order chi connectivity index (χ1) is 10.2. The van der Waals surface area contributed by atoms with Gasteiger partial charge in [-0.3, -0.25) is 0 Å². The van der Waals surface area contributed by atoms with Crippen LogP contribution in [0.1, 0.15) is 11.8 Å². The quantitative estimate of drug-likeness (QED) is 0.774. The lowest BCUT2D eigenvalue weighted by molar-refractivity contribution is 0.208. The van der Waals surface area contributed by atoms with E-state index in [9.17, 15) is 5.11 Å². The Bertz CT molecular complexity index is 753. The fourth-order valence-corrected chi connectivity index (χ4v) is 3.39. The minimum Gasteiger partial charge on any atom is -0.392 e. The lowest BCUT2D eigenvalue weighted by Gasteiger charge is -2.10. The molecular weight excluding hydrogens is 282 g/mol. The first-order valence-electron chi connectivity index (χ1n) is 6.88. The summed E-state index contributed by atoms with van der Waals surface area (Å²) in [6, 6.07) is 10.3. The third-order valence-corrected chi connectivity index (χ3v) is 4.30. The first-order valence-corrected chi connectivity index (χ1v) is 7.70. The van der Waals surface area contributed by atoms with Crippen molar-refractivity contribution in [1.29, 1.82) is 0 Å². The molecule has 108 valence electrons. The summed E-state index contributed by atoms with van der Waals surface area (Å²) in [4.78, 5) is 10.9. The number of benzene rings is 1. The summed E-state index contributed by atoms with van der Waals surface area (Å²) in [6.45, 7) is 4.32. The number of fused-ring (bicyclic) bond motifs is 1. The first kappa shape index (κ1) is 14.0. The molecule has 0 saturated heterocycles. The molecule has 3 rings (SSSR count). The monoisotopic (exact) mass is 299 g/mol. The third kappa shape index (κ3) is 2.75. The smallest absolute Gasteiger partial charge is 0.138 e. The van der Waals surface area contributed by atoms with E-state index >= 15 is 0 Å². The van der Waals surface area contributed by atoms with Gasteiger partial charge in [0.05, 0.1) is 11.5 Å². The maximum absolute atomic E-state index is 9.47. The van der Waals surface area contributed by atoms with E-state index in [1.54, 1.807) is 24.6 Å². The van der Waals surface area contributed by atoms with E-state index in [1.807, 2.05) is 18.2 Å². The zero-order chi connectivity index (χ0) is 14.8. The van der Waals surface area contributed by atoms with Crippen LogP contribution < -0.4 is 5.32 Å². The SMILES string of the molecule is Cc1sc2ncnc(NCC(C)O)c2c1-c1ccccc1. The normalized spacial score (nSPS) is 12.5. The van der Waals surface area contributed by atoms with Crippen molar-refractivity contribution in [1.82, 2.24) is 9.97 Å². The van der Waals surface area contributed by atoms with E-state index in [0.29, 0.717) is 6.54 Å². The Morgan fingerprint density at radius 3 is 2.71 bits per heavy atom. The largest absolute Gasteiger partial charge is 0.392 e. The number of nitrogens with one attached hydrogen (secondary N) is 1.